The lowest BCUT2D eigenvalue weighted by molar-refractivity contribution is 0.310. The standard InChI is InChI=1S/C12H18FN3O3S/c13-6-10(7-14)9-19-12-3-2-11(8-15-12)20(17,18)16-4-1-5-16/h6,8H,1-5,7,9,14H2/b10-6+. The van der Waals surface area contributed by atoms with Crippen molar-refractivity contribution in [2.45, 2.75) is 19.3 Å². The molecule has 1 saturated heterocycles. The second kappa shape index (κ2) is 6.47. The Morgan fingerprint density at radius 1 is 1.50 bits per heavy atom. The summed E-state index contributed by atoms with van der Waals surface area (Å²) in [6.07, 6.45) is 3.40. The average Bonchev–Trinajstić information content (AvgIpc) is 2.38. The van der Waals surface area contributed by atoms with Gasteiger partial charge in [-0.3, -0.25) is 0 Å². The van der Waals surface area contributed by atoms with E-state index in [1.165, 1.54) is 10.5 Å². The van der Waals surface area contributed by atoms with Crippen molar-refractivity contribution in [3.63, 3.8) is 0 Å². The Labute approximate surface area is 117 Å². The van der Waals surface area contributed by atoms with E-state index in [0.29, 0.717) is 48.6 Å². The van der Waals surface area contributed by atoms with Gasteiger partial charge in [0.2, 0.25) is 10.0 Å². The predicted octanol–water partition coefficient (Wildman–Crippen LogP) is 0.884. The molecule has 2 N–H and O–H groups in total. The molecule has 0 radical (unpaired) electrons. The number of allylic oxidation sites excluding steroid dienone is 1. The molecule has 0 aliphatic carbocycles. The highest BCUT2D eigenvalue weighted by Gasteiger charge is 2.32. The highest BCUT2D eigenvalue weighted by atomic mass is 32.2. The van der Waals surface area contributed by atoms with Gasteiger partial charge in [0.1, 0.15) is 6.61 Å². The van der Waals surface area contributed by atoms with Gasteiger partial charge in [0, 0.05) is 37.8 Å². The maximum atomic E-state index is 12.3. The Morgan fingerprint density at radius 2 is 2.25 bits per heavy atom. The third kappa shape index (κ3) is 3.25. The SMILES string of the molecule is NC/C(=C\F)COC1=NC=C(S(=O)(=O)N2CCC2)CC1. The molecule has 2 aliphatic heterocycles. The van der Waals surface area contributed by atoms with Crippen LogP contribution in [0.25, 0.3) is 0 Å². The molecule has 112 valence electrons. The van der Waals surface area contributed by atoms with Gasteiger partial charge < -0.3 is 10.5 Å². The molecule has 0 unspecified atom stereocenters. The zero-order valence-electron chi connectivity index (χ0n) is 11.1. The largest absolute Gasteiger partial charge is 0.476 e. The van der Waals surface area contributed by atoms with Crippen LogP contribution >= 0.6 is 0 Å². The van der Waals surface area contributed by atoms with E-state index in [1.807, 2.05) is 0 Å². The summed E-state index contributed by atoms with van der Waals surface area (Å²) in [4.78, 5) is 4.30. The lowest BCUT2D eigenvalue weighted by Gasteiger charge is -2.31. The van der Waals surface area contributed by atoms with Gasteiger partial charge in [-0.25, -0.2) is 17.8 Å². The van der Waals surface area contributed by atoms with Crippen LogP contribution in [0, 0.1) is 0 Å². The minimum Gasteiger partial charge on any atom is -0.476 e. The summed E-state index contributed by atoms with van der Waals surface area (Å²) in [5.74, 6) is 0.403. The minimum absolute atomic E-state index is 0.0356. The van der Waals surface area contributed by atoms with Gasteiger partial charge in [-0.2, -0.15) is 4.31 Å². The first-order valence-electron chi connectivity index (χ1n) is 6.45. The molecule has 0 amide bonds. The summed E-state index contributed by atoms with van der Waals surface area (Å²) in [5.41, 5.74) is 5.64. The summed E-state index contributed by atoms with van der Waals surface area (Å²) < 4.78 is 43.3. The summed E-state index contributed by atoms with van der Waals surface area (Å²) >= 11 is 0. The van der Waals surface area contributed by atoms with E-state index in [2.05, 4.69) is 4.99 Å². The first kappa shape index (κ1) is 15.1. The lowest BCUT2D eigenvalue weighted by Crippen LogP contribution is -2.42. The maximum Gasteiger partial charge on any atom is 0.240 e. The van der Waals surface area contributed by atoms with Crippen LogP contribution in [0.2, 0.25) is 0 Å². The first-order valence-corrected chi connectivity index (χ1v) is 7.89. The van der Waals surface area contributed by atoms with Crippen LogP contribution in [-0.2, 0) is 14.8 Å². The Bertz CT molecular complexity index is 550. The molecule has 0 aromatic heterocycles. The van der Waals surface area contributed by atoms with Crippen molar-refractivity contribution in [3.8, 4) is 0 Å². The molecule has 2 heterocycles. The maximum absolute atomic E-state index is 12.3. The molecular weight excluding hydrogens is 285 g/mol. The summed E-state index contributed by atoms with van der Waals surface area (Å²) in [6.45, 7) is 1.27. The van der Waals surface area contributed by atoms with Crippen LogP contribution in [0.5, 0.6) is 0 Å². The van der Waals surface area contributed by atoms with Crippen LogP contribution in [-0.4, -0.2) is 44.9 Å². The number of rotatable bonds is 5. The topological polar surface area (TPSA) is 85.0 Å². The molecule has 0 bridgehead atoms. The molecule has 0 spiro atoms. The zero-order chi connectivity index (χ0) is 14.6. The van der Waals surface area contributed by atoms with Gasteiger partial charge in [0.05, 0.1) is 11.2 Å². The van der Waals surface area contributed by atoms with Crippen LogP contribution in [0.3, 0.4) is 0 Å². The number of ether oxygens (including phenoxy) is 1. The van der Waals surface area contributed by atoms with E-state index in [4.69, 9.17) is 10.5 Å². The average molecular weight is 303 g/mol. The van der Waals surface area contributed by atoms with Crippen molar-refractivity contribution in [1.82, 2.24) is 4.31 Å². The first-order chi connectivity index (χ1) is 9.57. The highest BCUT2D eigenvalue weighted by Crippen LogP contribution is 2.25. The second-order valence-corrected chi connectivity index (χ2v) is 6.63. The fraction of sp³-hybridized carbons (Fsp3) is 0.583. The zero-order valence-corrected chi connectivity index (χ0v) is 11.9. The van der Waals surface area contributed by atoms with E-state index in [1.54, 1.807) is 0 Å². The van der Waals surface area contributed by atoms with Crippen molar-refractivity contribution in [1.29, 1.82) is 0 Å². The Balaban J connectivity index is 1.97. The van der Waals surface area contributed by atoms with Crippen LogP contribution in [0.1, 0.15) is 19.3 Å². The van der Waals surface area contributed by atoms with Gasteiger partial charge in [0.25, 0.3) is 0 Å². The molecule has 20 heavy (non-hydrogen) atoms. The number of sulfonamides is 1. The molecule has 0 saturated carbocycles. The highest BCUT2D eigenvalue weighted by molar-refractivity contribution is 7.93. The number of nitrogens with two attached hydrogens (primary N) is 1. The predicted molar refractivity (Wildman–Crippen MR) is 74.1 cm³/mol. The second-order valence-electron chi connectivity index (χ2n) is 4.64. The normalized spacial score (nSPS) is 21.0. The molecule has 0 atom stereocenters. The molecule has 0 aromatic carbocycles. The number of halogens is 1. The Kier molecular flexibility index (Phi) is 4.90. The van der Waals surface area contributed by atoms with Crippen molar-refractivity contribution in [2.24, 2.45) is 10.7 Å². The molecular formula is C12H18FN3O3S. The number of hydrogen-bond donors (Lipinski definition) is 1. The monoisotopic (exact) mass is 303 g/mol. The van der Waals surface area contributed by atoms with Crippen LogP contribution < -0.4 is 5.73 Å². The number of aliphatic imine (C=N–C) groups is 1. The molecule has 1 fully saturated rings. The van der Waals surface area contributed by atoms with E-state index >= 15 is 0 Å². The molecule has 8 heteroatoms. The fourth-order valence-electron chi connectivity index (χ4n) is 1.81. The third-order valence-corrected chi connectivity index (χ3v) is 5.28. The van der Waals surface area contributed by atoms with Gasteiger partial charge in [0.15, 0.2) is 5.90 Å². The van der Waals surface area contributed by atoms with Crippen LogP contribution in [0.15, 0.2) is 28.0 Å². The van der Waals surface area contributed by atoms with Gasteiger partial charge in [-0.05, 0) is 12.8 Å². The summed E-state index contributed by atoms with van der Waals surface area (Å²) in [5, 5.41) is 0. The minimum atomic E-state index is -3.35. The van der Waals surface area contributed by atoms with E-state index in [-0.39, 0.29) is 13.2 Å². The van der Waals surface area contributed by atoms with Crippen molar-refractivity contribution >= 4 is 15.9 Å². The van der Waals surface area contributed by atoms with E-state index in [0.717, 1.165) is 6.42 Å². The Morgan fingerprint density at radius 3 is 2.70 bits per heavy atom. The van der Waals surface area contributed by atoms with E-state index < -0.39 is 10.0 Å². The summed E-state index contributed by atoms with van der Waals surface area (Å²) in [7, 11) is -3.35. The fourth-order valence-corrected chi connectivity index (χ4v) is 3.43. The Hall–Kier alpha value is -1.25. The third-order valence-electron chi connectivity index (χ3n) is 3.26. The van der Waals surface area contributed by atoms with Gasteiger partial charge in [-0.1, -0.05) is 0 Å². The lowest BCUT2D eigenvalue weighted by atomic mass is 10.2. The number of nitrogens with zero attached hydrogens (tertiary/aromatic N) is 2. The summed E-state index contributed by atoms with van der Waals surface area (Å²) in [6, 6.07) is 0. The van der Waals surface area contributed by atoms with Gasteiger partial charge >= 0.3 is 0 Å². The molecule has 6 nitrogen and oxygen atoms in total. The number of hydrogen-bond acceptors (Lipinski definition) is 5. The smallest absolute Gasteiger partial charge is 0.240 e. The van der Waals surface area contributed by atoms with Crippen molar-refractivity contribution < 1.29 is 17.5 Å². The quantitative estimate of drug-likeness (QED) is 0.817. The molecule has 0 aromatic rings. The van der Waals surface area contributed by atoms with Crippen molar-refractivity contribution in [2.75, 3.05) is 26.2 Å². The van der Waals surface area contributed by atoms with E-state index in [9.17, 15) is 12.8 Å². The van der Waals surface area contributed by atoms with Crippen LogP contribution in [0.4, 0.5) is 4.39 Å². The molecule has 2 rings (SSSR count). The van der Waals surface area contributed by atoms with Crippen molar-refractivity contribution in [3.05, 3.63) is 23.0 Å². The van der Waals surface area contributed by atoms with Gasteiger partial charge in [-0.15, -0.1) is 0 Å². The molecule has 2 aliphatic rings.